The molecular weight excluding hydrogens is 364 g/mol. The number of rotatable bonds is 2. The van der Waals surface area contributed by atoms with Gasteiger partial charge in [0, 0.05) is 22.4 Å². The fourth-order valence-electron chi connectivity index (χ4n) is 2.17. The van der Waals surface area contributed by atoms with E-state index in [0.717, 1.165) is 0 Å². The van der Waals surface area contributed by atoms with Gasteiger partial charge in [0.1, 0.15) is 24.6 Å². The summed E-state index contributed by atoms with van der Waals surface area (Å²) in [6.45, 7) is -0.409. The number of H-pyrrole nitrogens is 1. The van der Waals surface area contributed by atoms with E-state index in [0.29, 0.717) is 5.65 Å². The number of imidazole rings is 1. The van der Waals surface area contributed by atoms with Crippen molar-refractivity contribution >= 4 is 11.2 Å². The van der Waals surface area contributed by atoms with Crippen LogP contribution < -0.4 is 5.56 Å². The number of fused-ring (bicyclic) bond motifs is 1. The molecule has 0 saturated carbocycles. The van der Waals surface area contributed by atoms with Gasteiger partial charge >= 0.3 is 5.56 Å². The Hall–Kier alpha value is -1.07. The molecule has 0 bridgehead atoms. The molecule has 0 amide bonds. The van der Waals surface area contributed by atoms with Crippen LogP contribution in [0, 0.1) is 0 Å². The number of hydrogen-bond acceptors (Lipinski definition) is 6. The summed E-state index contributed by atoms with van der Waals surface area (Å²) in [5.41, 5.74) is 0.363. The summed E-state index contributed by atoms with van der Waals surface area (Å²) in [6, 6.07) is 0. The van der Waals surface area contributed by atoms with Crippen molar-refractivity contribution in [2.45, 2.75) is 24.5 Å². The van der Waals surface area contributed by atoms with Gasteiger partial charge in [-0.25, -0.2) is 9.97 Å². The van der Waals surface area contributed by atoms with Gasteiger partial charge < -0.3 is 20.1 Å². The SMILES string of the molecule is OCC1OC(n2cnc3c(=[OH+])[nH]cnc32)C(O)C1O.[Ag]. The molecule has 20 heavy (non-hydrogen) atoms. The molecule has 0 spiro atoms. The summed E-state index contributed by atoms with van der Waals surface area (Å²) in [6.07, 6.45) is -1.60. The van der Waals surface area contributed by atoms with Crippen molar-refractivity contribution in [1.82, 2.24) is 19.5 Å². The first-order valence-electron chi connectivity index (χ1n) is 5.68. The standard InChI is InChI=1S/C10H12N4O5.Ag/c15-1-4-6(16)7(17)10(19-4)14-3-13-5-8(14)11-2-12-9(5)18;/h2-4,6-7,10,15-17H,1H2,(H,11,12,18);/p+1. The number of aromatic amines is 1. The van der Waals surface area contributed by atoms with Crippen molar-refractivity contribution < 1.29 is 47.2 Å². The first-order valence-corrected chi connectivity index (χ1v) is 5.68. The minimum absolute atomic E-state index is 0. The third-order valence-electron chi connectivity index (χ3n) is 3.17. The number of aromatic nitrogens is 4. The van der Waals surface area contributed by atoms with Gasteiger partial charge in [-0.3, -0.25) is 14.3 Å². The maximum atomic E-state index is 9.93. The smallest absolute Gasteiger partial charge is 0.394 e. The van der Waals surface area contributed by atoms with Crippen LogP contribution in [0.4, 0.5) is 0 Å². The topological polar surface area (TPSA) is 138 Å². The molecule has 0 aromatic carbocycles. The summed E-state index contributed by atoms with van der Waals surface area (Å²) in [5.74, 6) is 0. The van der Waals surface area contributed by atoms with Crippen molar-refractivity contribution in [3.8, 4) is 0 Å². The van der Waals surface area contributed by atoms with E-state index < -0.39 is 31.1 Å². The van der Waals surface area contributed by atoms with Crippen molar-refractivity contribution in [1.29, 1.82) is 0 Å². The Morgan fingerprint density at radius 1 is 1.35 bits per heavy atom. The fraction of sp³-hybridized carbons (Fsp3) is 0.500. The van der Waals surface area contributed by atoms with Crippen LogP contribution in [-0.2, 0) is 27.1 Å². The summed E-state index contributed by atoms with van der Waals surface area (Å²) in [4.78, 5) is 20.0. The van der Waals surface area contributed by atoms with Crippen molar-refractivity contribution in [3.63, 3.8) is 0 Å². The Morgan fingerprint density at radius 3 is 2.75 bits per heavy atom. The molecule has 1 fully saturated rings. The van der Waals surface area contributed by atoms with Gasteiger partial charge in [0.05, 0.1) is 12.9 Å². The predicted octanol–water partition coefficient (Wildman–Crippen LogP) is -2.63. The van der Waals surface area contributed by atoms with Gasteiger partial charge in [0.25, 0.3) is 0 Å². The molecule has 3 rings (SSSR count). The molecular formula is C10H13AgN4O5+. The van der Waals surface area contributed by atoms with Crippen LogP contribution in [0.3, 0.4) is 0 Å². The molecule has 1 radical (unpaired) electrons. The number of nitrogens with one attached hydrogen (secondary N) is 1. The quantitative estimate of drug-likeness (QED) is 0.334. The van der Waals surface area contributed by atoms with Crippen LogP contribution in [0.2, 0.25) is 0 Å². The minimum atomic E-state index is -1.22. The molecule has 113 valence electrons. The minimum Gasteiger partial charge on any atom is -0.394 e. The van der Waals surface area contributed by atoms with Gasteiger partial charge in [0.15, 0.2) is 11.9 Å². The second kappa shape index (κ2) is 5.74. The van der Waals surface area contributed by atoms with Gasteiger partial charge in [-0.1, -0.05) is 0 Å². The third kappa shape index (κ3) is 2.23. The van der Waals surface area contributed by atoms with Crippen LogP contribution in [0.1, 0.15) is 6.23 Å². The molecule has 1 aliphatic rings. The molecule has 1 saturated heterocycles. The molecule has 3 heterocycles. The molecule has 10 heteroatoms. The van der Waals surface area contributed by atoms with E-state index in [2.05, 4.69) is 15.0 Å². The molecule has 0 aliphatic carbocycles. The molecule has 1 aliphatic heterocycles. The fourth-order valence-corrected chi connectivity index (χ4v) is 2.17. The van der Waals surface area contributed by atoms with Gasteiger partial charge in [-0.2, -0.15) is 0 Å². The average Bonchev–Trinajstić information content (AvgIpc) is 2.94. The number of aliphatic hydroxyl groups is 3. The van der Waals surface area contributed by atoms with E-state index in [-0.39, 0.29) is 33.5 Å². The largest absolute Gasteiger partial charge is 0.449 e. The molecule has 4 atom stereocenters. The number of nitrogens with zero attached hydrogens (tertiary/aromatic N) is 3. The van der Waals surface area contributed by atoms with E-state index in [1.165, 1.54) is 17.2 Å². The number of ether oxygens (including phenoxy) is 1. The first-order chi connectivity index (χ1) is 9.13. The van der Waals surface area contributed by atoms with E-state index in [9.17, 15) is 15.0 Å². The van der Waals surface area contributed by atoms with E-state index in [4.69, 9.17) is 9.84 Å². The molecule has 2 aromatic rings. The number of aliphatic hydroxyl groups excluding tert-OH is 3. The maximum absolute atomic E-state index is 9.93. The van der Waals surface area contributed by atoms with Crippen LogP contribution in [0.25, 0.3) is 11.2 Å². The zero-order valence-electron chi connectivity index (χ0n) is 10.0. The predicted molar refractivity (Wildman–Crippen MR) is 60.0 cm³/mol. The summed E-state index contributed by atoms with van der Waals surface area (Å²) < 4.78 is 6.76. The summed E-state index contributed by atoms with van der Waals surface area (Å²) >= 11 is 0. The Kier molecular flexibility index (Phi) is 4.40. The Morgan fingerprint density at radius 2 is 2.10 bits per heavy atom. The Labute approximate surface area is 127 Å². The third-order valence-corrected chi connectivity index (χ3v) is 3.17. The molecule has 5 N–H and O–H groups in total. The van der Waals surface area contributed by atoms with E-state index in [1.807, 2.05) is 0 Å². The van der Waals surface area contributed by atoms with E-state index >= 15 is 0 Å². The Balaban J connectivity index is 0.00000147. The van der Waals surface area contributed by atoms with Crippen LogP contribution >= 0.6 is 0 Å². The van der Waals surface area contributed by atoms with Gasteiger partial charge in [0.2, 0.25) is 5.52 Å². The molecule has 9 nitrogen and oxygen atoms in total. The van der Waals surface area contributed by atoms with Crippen LogP contribution in [0.15, 0.2) is 12.7 Å². The summed E-state index contributed by atoms with van der Waals surface area (Å²) in [7, 11) is 0. The van der Waals surface area contributed by atoms with E-state index in [1.54, 1.807) is 0 Å². The second-order valence-corrected chi connectivity index (χ2v) is 4.30. The van der Waals surface area contributed by atoms with Crippen LogP contribution in [-0.4, -0.2) is 64.6 Å². The number of hydrogen-bond donors (Lipinski definition) is 4. The molecule has 4 unspecified atom stereocenters. The first kappa shape index (κ1) is 15.3. The summed E-state index contributed by atoms with van der Waals surface area (Å²) in [5, 5.41) is 28.7. The normalized spacial score (nSPS) is 29.6. The zero-order valence-corrected chi connectivity index (χ0v) is 11.5. The zero-order chi connectivity index (χ0) is 13.6. The van der Waals surface area contributed by atoms with Crippen molar-refractivity contribution in [3.05, 3.63) is 18.2 Å². The Bertz CT molecular complexity index is 658. The van der Waals surface area contributed by atoms with Gasteiger partial charge in [-0.15, -0.1) is 0 Å². The second-order valence-electron chi connectivity index (χ2n) is 4.30. The monoisotopic (exact) mass is 376 g/mol. The van der Waals surface area contributed by atoms with Crippen molar-refractivity contribution in [2.75, 3.05) is 6.61 Å². The average molecular weight is 377 g/mol. The van der Waals surface area contributed by atoms with Crippen LogP contribution in [0.5, 0.6) is 0 Å². The van der Waals surface area contributed by atoms with Gasteiger partial charge in [-0.05, 0) is 0 Å². The molecule has 2 aromatic heterocycles. The maximum Gasteiger partial charge on any atom is 0.449 e. The van der Waals surface area contributed by atoms with Crippen molar-refractivity contribution in [2.24, 2.45) is 0 Å².